The number of benzene rings is 1. The monoisotopic (exact) mass is 188 g/mol. The molecule has 0 heterocycles. The van der Waals surface area contributed by atoms with Crippen molar-refractivity contribution in [3.63, 3.8) is 0 Å². The number of rotatable bonds is 2. The summed E-state index contributed by atoms with van der Waals surface area (Å²) in [4.78, 5) is 11.7. The molecule has 0 saturated carbocycles. The summed E-state index contributed by atoms with van der Waals surface area (Å²) in [7, 11) is 0. The van der Waals surface area contributed by atoms with Crippen LogP contribution in [0.5, 0.6) is 0 Å². The van der Waals surface area contributed by atoms with Crippen molar-refractivity contribution in [3.05, 3.63) is 34.9 Å². The number of carbonyl (C=O) groups is 1. The van der Waals surface area contributed by atoms with Gasteiger partial charge < -0.3 is 0 Å². The number of aryl methyl sites for hydroxylation is 1. The fourth-order valence-corrected chi connectivity index (χ4v) is 2.20. The van der Waals surface area contributed by atoms with Crippen LogP contribution < -0.4 is 0 Å². The largest absolute Gasteiger partial charge is 0.294 e. The standard InChI is InChI=1S/C13H16O/c1-9(2)8-11-5-3-4-10-6-7-12(14)13(10)11/h3-5,9H,6-8H2,1-2H3. The Hall–Kier alpha value is -1.11. The maximum Gasteiger partial charge on any atom is 0.163 e. The lowest BCUT2D eigenvalue weighted by atomic mass is 9.95. The molecule has 0 radical (unpaired) electrons. The van der Waals surface area contributed by atoms with Crippen LogP contribution in [-0.2, 0) is 12.8 Å². The van der Waals surface area contributed by atoms with Gasteiger partial charge in [0.05, 0.1) is 0 Å². The van der Waals surface area contributed by atoms with Gasteiger partial charge in [-0.1, -0.05) is 32.0 Å². The molecule has 1 aliphatic carbocycles. The van der Waals surface area contributed by atoms with Crippen LogP contribution in [0.2, 0.25) is 0 Å². The summed E-state index contributed by atoms with van der Waals surface area (Å²) < 4.78 is 0. The minimum atomic E-state index is 0.344. The number of ketones is 1. The van der Waals surface area contributed by atoms with Gasteiger partial charge in [0, 0.05) is 12.0 Å². The fourth-order valence-electron chi connectivity index (χ4n) is 2.20. The highest BCUT2D eigenvalue weighted by atomic mass is 16.1. The molecule has 0 fully saturated rings. The molecule has 0 spiro atoms. The van der Waals surface area contributed by atoms with E-state index in [-0.39, 0.29) is 0 Å². The van der Waals surface area contributed by atoms with Gasteiger partial charge >= 0.3 is 0 Å². The van der Waals surface area contributed by atoms with Gasteiger partial charge in [-0.05, 0) is 29.9 Å². The fraction of sp³-hybridized carbons (Fsp3) is 0.462. The van der Waals surface area contributed by atoms with E-state index >= 15 is 0 Å². The third kappa shape index (κ3) is 1.59. The van der Waals surface area contributed by atoms with Gasteiger partial charge in [-0.25, -0.2) is 0 Å². The van der Waals surface area contributed by atoms with Crippen LogP contribution in [0.4, 0.5) is 0 Å². The topological polar surface area (TPSA) is 17.1 Å². The average molecular weight is 188 g/mol. The number of hydrogen-bond donors (Lipinski definition) is 0. The highest BCUT2D eigenvalue weighted by Crippen LogP contribution is 2.26. The molecule has 0 unspecified atom stereocenters. The lowest BCUT2D eigenvalue weighted by Gasteiger charge is -2.09. The zero-order valence-corrected chi connectivity index (χ0v) is 8.84. The molecule has 0 saturated heterocycles. The van der Waals surface area contributed by atoms with E-state index in [9.17, 15) is 4.79 Å². The van der Waals surface area contributed by atoms with Crippen LogP contribution in [-0.4, -0.2) is 5.78 Å². The molecule has 1 aromatic rings. The molecule has 0 aliphatic heterocycles. The van der Waals surface area contributed by atoms with Crippen LogP contribution in [0, 0.1) is 5.92 Å². The Morgan fingerprint density at radius 2 is 2.07 bits per heavy atom. The smallest absolute Gasteiger partial charge is 0.163 e. The molecule has 0 atom stereocenters. The van der Waals surface area contributed by atoms with E-state index in [1.165, 1.54) is 11.1 Å². The molecular weight excluding hydrogens is 172 g/mol. The van der Waals surface area contributed by atoms with Gasteiger partial charge in [-0.15, -0.1) is 0 Å². The van der Waals surface area contributed by atoms with E-state index in [4.69, 9.17) is 0 Å². The summed E-state index contributed by atoms with van der Waals surface area (Å²) in [5, 5.41) is 0. The molecular formula is C13H16O. The first-order chi connectivity index (χ1) is 6.68. The van der Waals surface area contributed by atoms with Gasteiger partial charge in [-0.3, -0.25) is 4.79 Å². The molecule has 0 amide bonds. The van der Waals surface area contributed by atoms with Crippen molar-refractivity contribution in [2.24, 2.45) is 5.92 Å². The molecule has 0 aromatic heterocycles. The van der Waals surface area contributed by atoms with Gasteiger partial charge in [-0.2, -0.15) is 0 Å². The van der Waals surface area contributed by atoms with E-state index in [2.05, 4.69) is 32.0 Å². The molecule has 74 valence electrons. The summed E-state index contributed by atoms with van der Waals surface area (Å²) in [5.74, 6) is 0.964. The third-order valence-corrected chi connectivity index (χ3v) is 2.77. The molecule has 2 rings (SSSR count). The average Bonchev–Trinajstić information content (AvgIpc) is 2.48. The van der Waals surface area contributed by atoms with Crippen molar-refractivity contribution in [3.8, 4) is 0 Å². The maximum absolute atomic E-state index is 11.7. The number of hydrogen-bond acceptors (Lipinski definition) is 1. The lowest BCUT2D eigenvalue weighted by molar-refractivity contribution is 0.0993. The first-order valence-electron chi connectivity index (χ1n) is 5.32. The normalized spacial score (nSPS) is 14.9. The molecule has 1 nitrogen and oxygen atoms in total. The Morgan fingerprint density at radius 3 is 2.79 bits per heavy atom. The second kappa shape index (κ2) is 3.56. The molecule has 1 heteroatoms. The molecule has 0 bridgehead atoms. The van der Waals surface area contributed by atoms with Crippen molar-refractivity contribution in [1.29, 1.82) is 0 Å². The summed E-state index contributed by atoms with van der Waals surface area (Å²) in [6.45, 7) is 4.39. The second-order valence-electron chi connectivity index (χ2n) is 4.47. The predicted octanol–water partition coefficient (Wildman–Crippen LogP) is 3.01. The lowest BCUT2D eigenvalue weighted by Crippen LogP contribution is -2.02. The van der Waals surface area contributed by atoms with Gasteiger partial charge in [0.25, 0.3) is 0 Å². The zero-order chi connectivity index (χ0) is 10.1. The molecule has 0 N–H and O–H groups in total. The van der Waals surface area contributed by atoms with E-state index < -0.39 is 0 Å². The minimum absolute atomic E-state index is 0.344. The van der Waals surface area contributed by atoms with Gasteiger partial charge in [0.15, 0.2) is 5.78 Å². The molecule has 1 aromatic carbocycles. The van der Waals surface area contributed by atoms with E-state index in [1.807, 2.05) is 0 Å². The van der Waals surface area contributed by atoms with Crippen molar-refractivity contribution < 1.29 is 4.79 Å². The quantitative estimate of drug-likeness (QED) is 0.697. The summed E-state index contributed by atoms with van der Waals surface area (Å²) in [6, 6.07) is 6.27. The Kier molecular flexibility index (Phi) is 2.40. The molecule has 14 heavy (non-hydrogen) atoms. The highest BCUT2D eigenvalue weighted by Gasteiger charge is 2.22. The van der Waals surface area contributed by atoms with Crippen LogP contribution in [0.25, 0.3) is 0 Å². The van der Waals surface area contributed by atoms with Crippen molar-refractivity contribution in [2.75, 3.05) is 0 Å². The van der Waals surface area contributed by atoms with Crippen LogP contribution in [0.3, 0.4) is 0 Å². The Bertz CT molecular complexity index is 363. The summed E-state index contributed by atoms with van der Waals surface area (Å²) >= 11 is 0. The Labute approximate surface area is 85.1 Å². The summed E-state index contributed by atoms with van der Waals surface area (Å²) in [5.41, 5.74) is 3.54. The van der Waals surface area contributed by atoms with Crippen LogP contribution >= 0.6 is 0 Å². The van der Waals surface area contributed by atoms with Crippen LogP contribution in [0.15, 0.2) is 18.2 Å². The SMILES string of the molecule is CC(C)Cc1cccc2c1C(=O)CC2. The first-order valence-corrected chi connectivity index (χ1v) is 5.32. The Balaban J connectivity index is 2.41. The Morgan fingerprint density at radius 1 is 1.29 bits per heavy atom. The zero-order valence-electron chi connectivity index (χ0n) is 8.84. The number of fused-ring (bicyclic) bond motifs is 1. The van der Waals surface area contributed by atoms with Crippen molar-refractivity contribution in [2.45, 2.75) is 33.1 Å². The van der Waals surface area contributed by atoms with E-state index in [1.54, 1.807) is 0 Å². The van der Waals surface area contributed by atoms with Crippen molar-refractivity contribution in [1.82, 2.24) is 0 Å². The number of Topliss-reactive ketones (excluding diaryl/α,β-unsaturated/α-hetero) is 1. The van der Waals surface area contributed by atoms with Gasteiger partial charge in [0.1, 0.15) is 0 Å². The van der Waals surface area contributed by atoms with E-state index in [0.29, 0.717) is 18.1 Å². The highest BCUT2D eigenvalue weighted by molar-refractivity contribution is 6.01. The van der Waals surface area contributed by atoms with Crippen LogP contribution in [0.1, 0.15) is 41.8 Å². The minimum Gasteiger partial charge on any atom is -0.294 e. The van der Waals surface area contributed by atoms with E-state index in [0.717, 1.165) is 18.4 Å². The predicted molar refractivity (Wildman–Crippen MR) is 57.6 cm³/mol. The van der Waals surface area contributed by atoms with Crippen molar-refractivity contribution >= 4 is 5.78 Å². The maximum atomic E-state index is 11.7. The van der Waals surface area contributed by atoms with Gasteiger partial charge in [0.2, 0.25) is 0 Å². The summed E-state index contributed by atoms with van der Waals surface area (Å²) in [6.07, 6.45) is 2.68. The first kappa shape index (κ1) is 9.45. The third-order valence-electron chi connectivity index (χ3n) is 2.77. The second-order valence-corrected chi connectivity index (χ2v) is 4.47. The number of carbonyl (C=O) groups excluding carboxylic acids is 1. The molecule has 1 aliphatic rings.